The lowest BCUT2D eigenvalue weighted by Gasteiger charge is -2.26. The van der Waals surface area contributed by atoms with E-state index in [4.69, 9.17) is 5.41 Å². The molecule has 0 aliphatic heterocycles. The molecule has 0 spiro atoms. The van der Waals surface area contributed by atoms with E-state index in [2.05, 4.69) is 63.9 Å². The lowest BCUT2D eigenvalue weighted by atomic mass is 9.89. The van der Waals surface area contributed by atoms with Crippen molar-refractivity contribution in [1.82, 2.24) is 5.32 Å². The summed E-state index contributed by atoms with van der Waals surface area (Å²) in [6.07, 6.45) is 3.87. The molecule has 0 saturated carbocycles. The molecular weight excluding hydrogens is 256 g/mol. The Morgan fingerprint density at radius 1 is 1.19 bits per heavy atom. The Morgan fingerprint density at radius 3 is 2.29 bits per heavy atom. The molecule has 0 aromatic heterocycles. The van der Waals surface area contributed by atoms with Gasteiger partial charge in [0.2, 0.25) is 0 Å². The second-order valence-corrected chi connectivity index (χ2v) is 5.97. The van der Waals surface area contributed by atoms with Crippen LogP contribution < -0.4 is 5.32 Å². The molecule has 21 heavy (non-hydrogen) atoms. The van der Waals surface area contributed by atoms with Gasteiger partial charge < -0.3 is 10.7 Å². The van der Waals surface area contributed by atoms with Crippen molar-refractivity contribution in [2.75, 3.05) is 0 Å². The summed E-state index contributed by atoms with van der Waals surface area (Å²) in [6, 6.07) is 9.11. The highest BCUT2D eigenvalue weighted by Gasteiger charge is 2.17. The fraction of sp³-hybridized carbons (Fsp3) is 0.421. The maximum absolute atomic E-state index is 7.42. The van der Waals surface area contributed by atoms with Crippen molar-refractivity contribution >= 4 is 11.3 Å². The van der Waals surface area contributed by atoms with Crippen LogP contribution in [0.5, 0.6) is 0 Å². The average Bonchev–Trinajstić information content (AvgIpc) is 2.44. The Morgan fingerprint density at radius 2 is 1.76 bits per heavy atom. The summed E-state index contributed by atoms with van der Waals surface area (Å²) >= 11 is 0. The fourth-order valence-corrected chi connectivity index (χ4v) is 2.24. The van der Waals surface area contributed by atoms with Crippen LogP contribution in [0.25, 0.3) is 5.57 Å². The lowest BCUT2D eigenvalue weighted by molar-refractivity contribution is 0.448. The molecule has 1 aromatic rings. The van der Waals surface area contributed by atoms with Gasteiger partial charge in [-0.15, -0.1) is 0 Å². The summed E-state index contributed by atoms with van der Waals surface area (Å²) in [5, 5.41) is 11.0. The minimum Gasteiger partial charge on any atom is -0.308 e. The standard InChI is InChI=1S/C19H28N2/c1-13-7-11-19(12-8-13)17(5)16(4)18(6)21-15(3)10-9-14(2)20/h7-12,15-16,18,20-21H,5H2,1-4,6H3/b10-9-,20-14?. The first-order valence-electron chi connectivity index (χ1n) is 7.56. The molecule has 0 bridgehead atoms. The van der Waals surface area contributed by atoms with Crippen LogP contribution in [0.4, 0.5) is 0 Å². The van der Waals surface area contributed by atoms with Crippen molar-refractivity contribution in [3.63, 3.8) is 0 Å². The van der Waals surface area contributed by atoms with E-state index in [0.29, 0.717) is 17.7 Å². The highest BCUT2D eigenvalue weighted by molar-refractivity contribution is 5.89. The molecule has 3 unspecified atom stereocenters. The summed E-state index contributed by atoms with van der Waals surface area (Å²) < 4.78 is 0. The largest absolute Gasteiger partial charge is 0.308 e. The molecule has 0 saturated heterocycles. The summed E-state index contributed by atoms with van der Waals surface area (Å²) in [7, 11) is 0. The highest BCUT2D eigenvalue weighted by atomic mass is 14.9. The first-order valence-corrected chi connectivity index (χ1v) is 7.56. The van der Waals surface area contributed by atoms with Gasteiger partial charge in [-0.2, -0.15) is 0 Å². The zero-order valence-electron chi connectivity index (χ0n) is 13.9. The minimum atomic E-state index is 0.244. The third-order valence-electron chi connectivity index (χ3n) is 3.88. The molecule has 2 nitrogen and oxygen atoms in total. The molecule has 1 rings (SSSR count). The average molecular weight is 284 g/mol. The zero-order chi connectivity index (χ0) is 16.0. The number of aryl methyl sites for hydroxylation is 1. The number of nitrogens with one attached hydrogen (secondary N) is 2. The van der Waals surface area contributed by atoms with E-state index >= 15 is 0 Å². The quantitative estimate of drug-likeness (QED) is 0.705. The van der Waals surface area contributed by atoms with Crippen LogP contribution in [0.1, 0.15) is 38.8 Å². The Bertz CT molecular complexity index is 511. The molecule has 2 heteroatoms. The van der Waals surface area contributed by atoms with Crippen LogP contribution in [0.2, 0.25) is 0 Å². The van der Waals surface area contributed by atoms with E-state index in [-0.39, 0.29) is 6.04 Å². The Labute approximate surface area is 129 Å². The normalized spacial score (nSPS) is 15.7. The van der Waals surface area contributed by atoms with Crippen molar-refractivity contribution in [2.24, 2.45) is 5.92 Å². The van der Waals surface area contributed by atoms with E-state index in [9.17, 15) is 0 Å². The van der Waals surface area contributed by atoms with Gasteiger partial charge >= 0.3 is 0 Å². The predicted molar refractivity (Wildman–Crippen MR) is 94.0 cm³/mol. The van der Waals surface area contributed by atoms with Gasteiger partial charge in [0, 0.05) is 17.8 Å². The molecule has 0 radical (unpaired) electrons. The number of benzene rings is 1. The van der Waals surface area contributed by atoms with Crippen molar-refractivity contribution in [3.8, 4) is 0 Å². The maximum atomic E-state index is 7.42. The molecule has 0 amide bonds. The van der Waals surface area contributed by atoms with Crippen LogP contribution in [-0.4, -0.2) is 17.8 Å². The third kappa shape index (κ3) is 5.68. The van der Waals surface area contributed by atoms with Gasteiger partial charge in [-0.25, -0.2) is 0 Å². The minimum absolute atomic E-state index is 0.244. The van der Waals surface area contributed by atoms with Gasteiger partial charge in [-0.05, 0) is 50.8 Å². The maximum Gasteiger partial charge on any atom is 0.0280 e. The van der Waals surface area contributed by atoms with E-state index in [1.165, 1.54) is 11.1 Å². The van der Waals surface area contributed by atoms with Gasteiger partial charge in [-0.1, -0.05) is 49.4 Å². The van der Waals surface area contributed by atoms with E-state index in [0.717, 1.165) is 5.57 Å². The van der Waals surface area contributed by atoms with Crippen molar-refractivity contribution < 1.29 is 0 Å². The summed E-state index contributed by atoms with van der Waals surface area (Å²) in [4.78, 5) is 0. The van der Waals surface area contributed by atoms with Crippen LogP contribution in [0, 0.1) is 18.3 Å². The molecule has 0 aliphatic carbocycles. The van der Waals surface area contributed by atoms with Crippen molar-refractivity contribution in [1.29, 1.82) is 5.41 Å². The molecule has 0 aliphatic rings. The van der Waals surface area contributed by atoms with Crippen molar-refractivity contribution in [3.05, 3.63) is 54.1 Å². The SMILES string of the molecule is C=C(c1ccc(C)cc1)C(C)C(C)NC(C)/C=C\C(C)=N. The number of hydrogen-bond donors (Lipinski definition) is 2. The van der Waals surface area contributed by atoms with Crippen LogP contribution >= 0.6 is 0 Å². The predicted octanol–water partition coefficient (Wildman–Crippen LogP) is 4.61. The Kier molecular flexibility index (Phi) is 6.57. The van der Waals surface area contributed by atoms with E-state index < -0.39 is 0 Å². The van der Waals surface area contributed by atoms with Gasteiger partial charge in [0.1, 0.15) is 0 Å². The first-order chi connectivity index (χ1) is 9.81. The van der Waals surface area contributed by atoms with E-state index in [1.54, 1.807) is 6.92 Å². The first kappa shape index (κ1) is 17.4. The van der Waals surface area contributed by atoms with Crippen molar-refractivity contribution in [2.45, 2.75) is 46.7 Å². The van der Waals surface area contributed by atoms with Crippen LogP contribution in [0.15, 0.2) is 43.0 Å². The Balaban J connectivity index is 2.65. The Hall–Kier alpha value is -1.67. The molecule has 3 atom stereocenters. The molecule has 114 valence electrons. The second-order valence-electron chi connectivity index (χ2n) is 5.97. The number of hydrogen-bond acceptors (Lipinski definition) is 2. The van der Waals surface area contributed by atoms with Crippen LogP contribution in [0.3, 0.4) is 0 Å². The zero-order valence-corrected chi connectivity index (χ0v) is 13.9. The fourth-order valence-electron chi connectivity index (χ4n) is 2.24. The molecule has 2 N–H and O–H groups in total. The highest BCUT2D eigenvalue weighted by Crippen LogP contribution is 2.24. The second kappa shape index (κ2) is 7.94. The molecule has 0 heterocycles. The topological polar surface area (TPSA) is 35.9 Å². The van der Waals surface area contributed by atoms with E-state index in [1.807, 2.05) is 12.2 Å². The molecular formula is C19H28N2. The summed E-state index contributed by atoms with van der Waals surface area (Å²) in [6.45, 7) is 14.6. The summed E-state index contributed by atoms with van der Waals surface area (Å²) in [5.74, 6) is 0.352. The van der Waals surface area contributed by atoms with Gasteiger partial charge in [0.25, 0.3) is 0 Å². The molecule has 1 aromatic carbocycles. The molecule has 0 fully saturated rings. The summed E-state index contributed by atoms with van der Waals surface area (Å²) in [5.41, 5.74) is 4.22. The number of rotatable bonds is 7. The van der Waals surface area contributed by atoms with Gasteiger partial charge in [0.15, 0.2) is 0 Å². The smallest absolute Gasteiger partial charge is 0.0280 e. The van der Waals surface area contributed by atoms with Crippen LogP contribution in [-0.2, 0) is 0 Å². The third-order valence-corrected chi connectivity index (χ3v) is 3.88. The lowest BCUT2D eigenvalue weighted by Crippen LogP contribution is -2.38. The van der Waals surface area contributed by atoms with Gasteiger partial charge in [0.05, 0.1) is 0 Å². The monoisotopic (exact) mass is 284 g/mol. The van der Waals surface area contributed by atoms with Gasteiger partial charge in [-0.3, -0.25) is 0 Å². The number of allylic oxidation sites excluding steroid dienone is 1.